The van der Waals surface area contributed by atoms with Crippen molar-refractivity contribution in [1.29, 1.82) is 0 Å². The van der Waals surface area contributed by atoms with E-state index in [1.807, 2.05) is 11.6 Å². The molecule has 0 fully saturated rings. The topological polar surface area (TPSA) is 17.8 Å². The molecule has 1 aromatic heterocycles. The zero-order chi connectivity index (χ0) is 9.84. The van der Waals surface area contributed by atoms with E-state index in [4.69, 9.17) is 11.6 Å². The van der Waals surface area contributed by atoms with E-state index in [-0.39, 0.29) is 0 Å². The Morgan fingerprint density at radius 1 is 1.69 bits per heavy atom. The second kappa shape index (κ2) is 5.01. The molecule has 0 aliphatic carbocycles. The van der Waals surface area contributed by atoms with Crippen LogP contribution < -0.4 is 0 Å². The largest absolute Gasteiger partial charge is 0.268 e. The minimum atomic E-state index is 0.634. The van der Waals surface area contributed by atoms with Gasteiger partial charge in [-0.1, -0.05) is 40.9 Å². The Kier molecular flexibility index (Phi) is 4.26. The second-order valence-corrected chi connectivity index (χ2v) is 4.24. The molecular formula is C9H14BrClN2. The van der Waals surface area contributed by atoms with Crippen molar-refractivity contribution in [1.82, 2.24) is 9.78 Å². The van der Waals surface area contributed by atoms with E-state index in [2.05, 4.69) is 28.0 Å². The average Bonchev–Trinajstić information content (AvgIpc) is 2.45. The molecule has 0 aliphatic heterocycles. The van der Waals surface area contributed by atoms with Crippen molar-refractivity contribution in [2.75, 3.05) is 5.33 Å². The summed E-state index contributed by atoms with van der Waals surface area (Å²) < 4.78 is 1.97. The summed E-state index contributed by atoms with van der Waals surface area (Å²) in [5.74, 6) is 0.634. The quantitative estimate of drug-likeness (QED) is 0.764. The van der Waals surface area contributed by atoms with Crippen LogP contribution in [-0.2, 0) is 6.54 Å². The highest BCUT2D eigenvalue weighted by atomic mass is 79.9. The molecule has 2 nitrogen and oxygen atoms in total. The maximum atomic E-state index is 5.90. The summed E-state index contributed by atoms with van der Waals surface area (Å²) in [7, 11) is 0. The Morgan fingerprint density at radius 2 is 2.38 bits per heavy atom. The van der Waals surface area contributed by atoms with Crippen molar-refractivity contribution in [2.24, 2.45) is 5.92 Å². The fourth-order valence-electron chi connectivity index (χ4n) is 1.14. The molecule has 1 aromatic rings. The van der Waals surface area contributed by atoms with Crippen LogP contribution in [0, 0.1) is 12.8 Å². The molecule has 0 saturated heterocycles. The van der Waals surface area contributed by atoms with Crippen LogP contribution >= 0.6 is 27.5 Å². The SMILES string of the molecule is CCC(CBr)Cn1ncc(Cl)c1C. The van der Waals surface area contributed by atoms with Crippen molar-refractivity contribution in [2.45, 2.75) is 26.8 Å². The van der Waals surface area contributed by atoms with Crippen LogP contribution in [0.1, 0.15) is 19.0 Å². The molecule has 0 amide bonds. The van der Waals surface area contributed by atoms with Gasteiger partial charge in [0.25, 0.3) is 0 Å². The molecule has 1 unspecified atom stereocenters. The zero-order valence-electron chi connectivity index (χ0n) is 7.93. The monoisotopic (exact) mass is 264 g/mol. The van der Waals surface area contributed by atoms with Crippen molar-refractivity contribution >= 4 is 27.5 Å². The molecule has 13 heavy (non-hydrogen) atoms. The van der Waals surface area contributed by atoms with Crippen LogP contribution in [-0.4, -0.2) is 15.1 Å². The maximum Gasteiger partial charge on any atom is 0.0814 e. The number of alkyl halides is 1. The van der Waals surface area contributed by atoms with Crippen LogP contribution in [0.2, 0.25) is 5.02 Å². The predicted octanol–water partition coefficient (Wildman–Crippen LogP) is 3.27. The van der Waals surface area contributed by atoms with Crippen LogP contribution in [0.15, 0.2) is 6.20 Å². The highest BCUT2D eigenvalue weighted by molar-refractivity contribution is 9.09. The van der Waals surface area contributed by atoms with E-state index in [0.717, 1.165) is 29.0 Å². The van der Waals surface area contributed by atoms with Gasteiger partial charge in [0.2, 0.25) is 0 Å². The summed E-state index contributed by atoms with van der Waals surface area (Å²) in [5, 5.41) is 5.98. The van der Waals surface area contributed by atoms with E-state index in [1.54, 1.807) is 6.20 Å². The first-order valence-electron chi connectivity index (χ1n) is 4.42. The van der Waals surface area contributed by atoms with Crippen LogP contribution in [0.5, 0.6) is 0 Å². The standard InChI is InChI=1S/C9H14BrClN2/c1-3-8(4-10)6-13-7(2)9(11)5-12-13/h5,8H,3-4,6H2,1-2H3. The molecule has 1 atom stereocenters. The van der Waals surface area contributed by atoms with Crippen molar-refractivity contribution < 1.29 is 0 Å². The third kappa shape index (κ3) is 2.71. The molecule has 0 aromatic carbocycles. The molecule has 0 bridgehead atoms. The molecule has 1 rings (SSSR count). The minimum absolute atomic E-state index is 0.634. The van der Waals surface area contributed by atoms with Gasteiger partial charge in [0.1, 0.15) is 0 Å². The third-order valence-corrected chi connectivity index (χ3v) is 3.56. The van der Waals surface area contributed by atoms with E-state index < -0.39 is 0 Å². The first-order chi connectivity index (χ1) is 6.19. The van der Waals surface area contributed by atoms with Crippen LogP contribution in [0.4, 0.5) is 0 Å². The summed E-state index contributed by atoms with van der Waals surface area (Å²) in [4.78, 5) is 0. The molecule has 4 heteroatoms. The molecule has 0 N–H and O–H groups in total. The van der Waals surface area contributed by atoms with Gasteiger partial charge in [-0.05, 0) is 12.8 Å². The summed E-state index contributed by atoms with van der Waals surface area (Å²) in [6.07, 6.45) is 2.86. The Morgan fingerprint density at radius 3 is 2.77 bits per heavy atom. The minimum Gasteiger partial charge on any atom is -0.268 e. The Labute approximate surface area is 92.4 Å². The van der Waals surface area contributed by atoms with Gasteiger partial charge in [0.05, 0.1) is 16.9 Å². The summed E-state index contributed by atoms with van der Waals surface area (Å²) in [6, 6.07) is 0. The zero-order valence-corrected chi connectivity index (χ0v) is 10.3. The van der Waals surface area contributed by atoms with Gasteiger partial charge in [-0.15, -0.1) is 0 Å². The molecule has 0 saturated carbocycles. The normalized spacial score (nSPS) is 13.2. The summed E-state index contributed by atoms with van der Waals surface area (Å²) >= 11 is 9.39. The van der Waals surface area contributed by atoms with Gasteiger partial charge in [0, 0.05) is 11.9 Å². The second-order valence-electron chi connectivity index (χ2n) is 3.19. The highest BCUT2D eigenvalue weighted by Crippen LogP contribution is 2.16. The molecule has 0 radical (unpaired) electrons. The van der Waals surface area contributed by atoms with Gasteiger partial charge < -0.3 is 0 Å². The van der Waals surface area contributed by atoms with E-state index in [9.17, 15) is 0 Å². The Hall–Kier alpha value is -0.0200. The number of hydrogen-bond donors (Lipinski definition) is 0. The van der Waals surface area contributed by atoms with Crippen molar-refractivity contribution in [3.8, 4) is 0 Å². The van der Waals surface area contributed by atoms with Gasteiger partial charge >= 0.3 is 0 Å². The highest BCUT2D eigenvalue weighted by Gasteiger charge is 2.09. The van der Waals surface area contributed by atoms with Gasteiger partial charge in [-0.25, -0.2) is 0 Å². The molecular weight excluding hydrogens is 251 g/mol. The van der Waals surface area contributed by atoms with Crippen LogP contribution in [0.3, 0.4) is 0 Å². The lowest BCUT2D eigenvalue weighted by atomic mass is 10.1. The van der Waals surface area contributed by atoms with Crippen molar-refractivity contribution in [3.05, 3.63) is 16.9 Å². The third-order valence-electron chi connectivity index (χ3n) is 2.27. The summed E-state index contributed by atoms with van der Waals surface area (Å²) in [5.41, 5.74) is 1.06. The Bertz CT molecular complexity index is 269. The fourth-order valence-corrected chi connectivity index (χ4v) is 1.94. The maximum absolute atomic E-state index is 5.90. The molecule has 74 valence electrons. The van der Waals surface area contributed by atoms with E-state index in [0.29, 0.717) is 5.92 Å². The number of aromatic nitrogens is 2. The van der Waals surface area contributed by atoms with Gasteiger partial charge in [0.15, 0.2) is 0 Å². The van der Waals surface area contributed by atoms with Gasteiger partial charge in [-0.2, -0.15) is 5.10 Å². The number of nitrogens with zero attached hydrogens (tertiary/aromatic N) is 2. The van der Waals surface area contributed by atoms with E-state index >= 15 is 0 Å². The smallest absolute Gasteiger partial charge is 0.0814 e. The Balaban J connectivity index is 2.67. The number of hydrogen-bond acceptors (Lipinski definition) is 1. The van der Waals surface area contributed by atoms with Crippen molar-refractivity contribution in [3.63, 3.8) is 0 Å². The number of rotatable bonds is 4. The molecule has 0 aliphatic rings. The van der Waals surface area contributed by atoms with Crippen LogP contribution in [0.25, 0.3) is 0 Å². The fraction of sp³-hybridized carbons (Fsp3) is 0.667. The lowest BCUT2D eigenvalue weighted by Crippen LogP contribution is -2.13. The predicted molar refractivity (Wildman–Crippen MR) is 59.5 cm³/mol. The van der Waals surface area contributed by atoms with E-state index in [1.165, 1.54) is 0 Å². The lowest BCUT2D eigenvalue weighted by Gasteiger charge is -2.12. The summed E-state index contributed by atoms with van der Waals surface area (Å²) in [6.45, 7) is 5.13. The first-order valence-corrected chi connectivity index (χ1v) is 5.92. The molecule has 0 spiro atoms. The van der Waals surface area contributed by atoms with Gasteiger partial charge in [-0.3, -0.25) is 4.68 Å². The first kappa shape index (κ1) is 11.1. The average molecular weight is 266 g/mol. The number of halogens is 2. The lowest BCUT2D eigenvalue weighted by molar-refractivity contribution is 0.441. The molecule has 1 heterocycles.